The molecule has 1 aromatic heterocycles. The largest absolute Gasteiger partial charge is 0.385 e. The first-order valence-electron chi connectivity index (χ1n) is 6.13. The maximum atomic E-state index is 13.1. The fraction of sp³-hybridized carbons (Fsp3) is 0.357. The van der Waals surface area contributed by atoms with E-state index in [1.807, 2.05) is 6.07 Å². The van der Waals surface area contributed by atoms with Crippen molar-refractivity contribution < 1.29 is 13.9 Å². The standard InChI is InChI=1S/C14H13FN2O2S/c1-19-6-2-3-12(18)10(8-16)14-17-11-7-9(15)4-5-13(11)20-14/h4-5,7,10H,2-3,6H2,1H3. The lowest BCUT2D eigenvalue weighted by Crippen LogP contribution is -2.11. The molecule has 0 saturated heterocycles. The van der Waals surface area contributed by atoms with Crippen LogP contribution in [0.3, 0.4) is 0 Å². The van der Waals surface area contributed by atoms with Gasteiger partial charge in [-0.1, -0.05) is 0 Å². The van der Waals surface area contributed by atoms with Gasteiger partial charge in [0.25, 0.3) is 0 Å². The molecule has 0 spiro atoms. The summed E-state index contributed by atoms with van der Waals surface area (Å²) in [6.45, 7) is 0.481. The lowest BCUT2D eigenvalue weighted by Gasteiger charge is -2.04. The SMILES string of the molecule is COCCCC(=O)C(C#N)c1nc2cc(F)ccc2s1. The summed E-state index contributed by atoms with van der Waals surface area (Å²) >= 11 is 1.25. The molecule has 0 aliphatic rings. The molecule has 1 unspecified atom stereocenters. The van der Waals surface area contributed by atoms with E-state index in [0.717, 1.165) is 4.70 Å². The Kier molecular flexibility index (Phi) is 4.77. The van der Waals surface area contributed by atoms with Gasteiger partial charge in [-0.05, 0) is 18.6 Å². The number of ketones is 1. The van der Waals surface area contributed by atoms with Crippen LogP contribution in [0, 0.1) is 17.1 Å². The van der Waals surface area contributed by atoms with Crippen molar-refractivity contribution >= 4 is 27.3 Å². The Hall–Kier alpha value is -1.84. The number of thiazole rings is 1. The molecule has 1 atom stereocenters. The highest BCUT2D eigenvalue weighted by atomic mass is 32.1. The third-order valence-electron chi connectivity index (χ3n) is 2.84. The Morgan fingerprint density at radius 1 is 1.60 bits per heavy atom. The van der Waals surface area contributed by atoms with Gasteiger partial charge in [0.15, 0.2) is 11.7 Å². The van der Waals surface area contributed by atoms with Crippen molar-refractivity contribution in [2.24, 2.45) is 0 Å². The van der Waals surface area contributed by atoms with Gasteiger partial charge in [0.2, 0.25) is 0 Å². The number of halogens is 1. The van der Waals surface area contributed by atoms with Gasteiger partial charge in [-0.25, -0.2) is 9.37 Å². The Bertz CT molecular complexity index is 663. The average Bonchev–Trinajstić information content (AvgIpc) is 2.82. The minimum absolute atomic E-state index is 0.177. The van der Waals surface area contributed by atoms with Crippen LogP contribution < -0.4 is 0 Å². The molecule has 0 aliphatic heterocycles. The summed E-state index contributed by atoms with van der Waals surface area (Å²) in [4.78, 5) is 16.2. The number of methoxy groups -OCH3 is 1. The lowest BCUT2D eigenvalue weighted by molar-refractivity contribution is -0.119. The number of ether oxygens (including phenoxy) is 1. The molecule has 0 amide bonds. The number of hydrogen-bond acceptors (Lipinski definition) is 5. The van der Waals surface area contributed by atoms with Crippen molar-refractivity contribution in [3.8, 4) is 6.07 Å². The van der Waals surface area contributed by atoms with E-state index in [-0.39, 0.29) is 18.0 Å². The third kappa shape index (κ3) is 3.18. The zero-order chi connectivity index (χ0) is 14.5. The molecule has 2 rings (SSSR count). The first-order chi connectivity index (χ1) is 9.65. The van der Waals surface area contributed by atoms with Crippen LogP contribution in [0.5, 0.6) is 0 Å². The smallest absolute Gasteiger partial charge is 0.157 e. The number of Topliss-reactive ketones (excluding diaryl/α,β-unsaturated/α-hetero) is 1. The molecule has 0 N–H and O–H groups in total. The molecule has 0 radical (unpaired) electrons. The topological polar surface area (TPSA) is 63.0 Å². The number of fused-ring (bicyclic) bond motifs is 1. The van der Waals surface area contributed by atoms with Gasteiger partial charge in [-0.3, -0.25) is 4.79 Å². The van der Waals surface area contributed by atoms with E-state index in [1.165, 1.54) is 23.5 Å². The highest BCUT2D eigenvalue weighted by molar-refractivity contribution is 7.18. The summed E-state index contributed by atoms with van der Waals surface area (Å²) in [7, 11) is 1.56. The minimum atomic E-state index is -0.882. The van der Waals surface area contributed by atoms with Gasteiger partial charge in [0, 0.05) is 26.2 Å². The lowest BCUT2D eigenvalue weighted by atomic mass is 10.0. The van der Waals surface area contributed by atoms with Crippen molar-refractivity contribution in [1.82, 2.24) is 4.98 Å². The number of benzene rings is 1. The quantitative estimate of drug-likeness (QED) is 0.768. The summed E-state index contributed by atoms with van der Waals surface area (Å²) in [5, 5.41) is 9.60. The third-order valence-corrected chi connectivity index (χ3v) is 3.94. The highest BCUT2D eigenvalue weighted by Crippen LogP contribution is 2.29. The normalized spacial score (nSPS) is 12.2. The molecule has 0 aliphatic carbocycles. The molecule has 4 nitrogen and oxygen atoms in total. The van der Waals surface area contributed by atoms with E-state index in [0.29, 0.717) is 23.6 Å². The second kappa shape index (κ2) is 6.55. The molecule has 2 aromatic rings. The van der Waals surface area contributed by atoms with E-state index in [4.69, 9.17) is 4.74 Å². The zero-order valence-electron chi connectivity index (χ0n) is 10.9. The summed E-state index contributed by atoms with van der Waals surface area (Å²) in [6.07, 6.45) is 0.851. The predicted molar refractivity (Wildman–Crippen MR) is 74.0 cm³/mol. The van der Waals surface area contributed by atoms with Gasteiger partial charge in [0.05, 0.1) is 16.3 Å². The van der Waals surface area contributed by atoms with E-state index >= 15 is 0 Å². The predicted octanol–water partition coefficient (Wildman–Crippen LogP) is 3.04. The summed E-state index contributed by atoms with van der Waals surface area (Å²) in [5.74, 6) is -1.44. The Morgan fingerprint density at radius 3 is 3.10 bits per heavy atom. The van der Waals surface area contributed by atoms with Crippen LogP contribution in [-0.4, -0.2) is 24.5 Å². The molecule has 104 valence electrons. The van der Waals surface area contributed by atoms with Crippen molar-refractivity contribution in [3.63, 3.8) is 0 Å². The molecule has 0 saturated carbocycles. The number of nitriles is 1. The molecule has 1 heterocycles. The molecule has 0 fully saturated rings. The van der Waals surface area contributed by atoms with Crippen LogP contribution in [0.25, 0.3) is 10.2 Å². The van der Waals surface area contributed by atoms with Gasteiger partial charge >= 0.3 is 0 Å². The fourth-order valence-corrected chi connectivity index (χ4v) is 2.86. The van der Waals surface area contributed by atoms with Crippen LogP contribution >= 0.6 is 11.3 Å². The van der Waals surface area contributed by atoms with E-state index in [1.54, 1.807) is 13.2 Å². The Labute approximate surface area is 119 Å². The number of carbonyl (C=O) groups excluding carboxylic acids is 1. The van der Waals surface area contributed by atoms with Gasteiger partial charge in [-0.15, -0.1) is 11.3 Å². The monoisotopic (exact) mass is 292 g/mol. The second-order valence-corrected chi connectivity index (χ2v) is 5.35. The van der Waals surface area contributed by atoms with Gasteiger partial charge < -0.3 is 4.74 Å². The fourth-order valence-electron chi connectivity index (χ4n) is 1.84. The first-order valence-corrected chi connectivity index (χ1v) is 6.94. The molecular weight excluding hydrogens is 279 g/mol. The van der Waals surface area contributed by atoms with Crippen molar-refractivity contribution in [2.45, 2.75) is 18.8 Å². The van der Waals surface area contributed by atoms with Crippen molar-refractivity contribution in [2.75, 3.05) is 13.7 Å². The van der Waals surface area contributed by atoms with E-state index < -0.39 is 5.92 Å². The van der Waals surface area contributed by atoms with Gasteiger partial charge in [0.1, 0.15) is 10.8 Å². The highest BCUT2D eigenvalue weighted by Gasteiger charge is 2.23. The maximum Gasteiger partial charge on any atom is 0.157 e. The first kappa shape index (κ1) is 14.6. The number of hydrogen-bond donors (Lipinski definition) is 0. The van der Waals surface area contributed by atoms with Crippen LogP contribution in [0.4, 0.5) is 4.39 Å². The average molecular weight is 292 g/mol. The molecule has 1 aromatic carbocycles. The van der Waals surface area contributed by atoms with Crippen molar-refractivity contribution in [1.29, 1.82) is 5.26 Å². The second-order valence-electron chi connectivity index (χ2n) is 4.29. The van der Waals surface area contributed by atoms with E-state index in [2.05, 4.69) is 4.98 Å². The number of carbonyl (C=O) groups is 1. The van der Waals surface area contributed by atoms with Crippen LogP contribution in [0.2, 0.25) is 0 Å². The van der Waals surface area contributed by atoms with Gasteiger partial charge in [-0.2, -0.15) is 5.26 Å². The zero-order valence-corrected chi connectivity index (χ0v) is 11.7. The molecule has 6 heteroatoms. The van der Waals surface area contributed by atoms with Crippen LogP contribution in [-0.2, 0) is 9.53 Å². The molecular formula is C14H13FN2O2S. The van der Waals surface area contributed by atoms with E-state index in [9.17, 15) is 14.4 Å². The maximum absolute atomic E-state index is 13.1. The summed E-state index contributed by atoms with van der Waals surface area (Å²) < 4.78 is 18.8. The van der Waals surface area contributed by atoms with Crippen LogP contribution in [0.1, 0.15) is 23.8 Å². The number of aromatic nitrogens is 1. The molecule has 0 bridgehead atoms. The Morgan fingerprint density at radius 2 is 2.40 bits per heavy atom. The molecule has 20 heavy (non-hydrogen) atoms. The minimum Gasteiger partial charge on any atom is -0.385 e. The van der Waals surface area contributed by atoms with Crippen molar-refractivity contribution in [3.05, 3.63) is 29.0 Å². The Balaban J connectivity index is 2.21. The van der Waals surface area contributed by atoms with Crippen LogP contribution in [0.15, 0.2) is 18.2 Å². The number of nitrogens with zero attached hydrogens (tertiary/aromatic N) is 2. The summed E-state index contributed by atoms with van der Waals surface area (Å²) in [6, 6.07) is 6.24. The summed E-state index contributed by atoms with van der Waals surface area (Å²) in [5.41, 5.74) is 0.481. The number of rotatable bonds is 6.